The van der Waals surface area contributed by atoms with Gasteiger partial charge in [-0.1, -0.05) is 15.9 Å². The fourth-order valence-electron chi connectivity index (χ4n) is 1.61. The Labute approximate surface area is 130 Å². The van der Waals surface area contributed by atoms with Crippen molar-refractivity contribution in [3.8, 4) is 6.07 Å². The third kappa shape index (κ3) is 3.30. The van der Waals surface area contributed by atoms with Crippen LogP contribution in [0.5, 0.6) is 0 Å². The summed E-state index contributed by atoms with van der Waals surface area (Å²) in [6, 6.07) is 9.41. The molecule has 21 heavy (non-hydrogen) atoms. The summed E-state index contributed by atoms with van der Waals surface area (Å²) < 4.78 is 27.8. The summed E-state index contributed by atoms with van der Waals surface area (Å²) in [6.07, 6.45) is 1.41. The van der Waals surface area contributed by atoms with Gasteiger partial charge in [0.1, 0.15) is 11.0 Å². The van der Waals surface area contributed by atoms with Crippen molar-refractivity contribution in [2.24, 2.45) is 5.84 Å². The number of nitrogens with one attached hydrogen (secondary N) is 2. The maximum atomic E-state index is 12.4. The van der Waals surface area contributed by atoms with Gasteiger partial charge in [-0.15, -0.1) is 0 Å². The molecule has 9 heteroatoms. The molecular formula is C12H10BrN5O2S. The molecule has 1 heterocycles. The van der Waals surface area contributed by atoms with E-state index in [0.717, 1.165) is 0 Å². The number of nitrogens with zero attached hydrogens (tertiary/aromatic N) is 2. The first-order valence-electron chi connectivity index (χ1n) is 5.62. The molecule has 2 aromatic rings. The average Bonchev–Trinajstić information content (AvgIpc) is 2.47. The van der Waals surface area contributed by atoms with Gasteiger partial charge in [0.2, 0.25) is 0 Å². The number of anilines is 2. The molecule has 0 fully saturated rings. The van der Waals surface area contributed by atoms with Crippen LogP contribution in [-0.4, -0.2) is 13.4 Å². The third-order valence-electron chi connectivity index (χ3n) is 2.54. The van der Waals surface area contributed by atoms with E-state index in [1.165, 1.54) is 30.5 Å². The second-order valence-corrected chi connectivity index (χ2v) is 6.47. The van der Waals surface area contributed by atoms with Crippen molar-refractivity contribution < 1.29 is 8.42 Å². The minimum Gasteiger partial charge on any atom is -0.307 e. The van der Waals surface area contributed by atoms with Gasteiger partial charge in [-0.25, -0.2) is 19.2 Å². The molecule has 0 aliphatic carbocycles. The molecule has 2 rings (SSSR count). The van der Waals surface area contributed by atoms with Crippen molar-refractivity contribution in [3.05, 3.63) is 46.6 Å². The smallest absolute Gasteiger partial charge is 0.265 e. The quantitative estimate of drug-likeness (QED) is 0.559. The number of pyridine rings is 1. The molecule has 0 atom stereocenters. The maximum absolute atomic E-state index is 12.4. The first-order chi connectivity index (χ1) is 9.97. The number of hydrogen-bond acceptors (Lipinski definition) is 6. The molecule has 0 saturated carbocycles. The van der Waals surface area contributed by atoms with E-state index in [2.05, 4.69) is 31.1 Å². The standard InChI is InChI=1S/C12H10BrN5O2S/c13-9-4-3-8(7-14)10(6-9)18-21(19,20)11-2-1-5-16-12(11)17-15/h1-6,18H,15H2,(H,16,17). The minimum atomic E-state index is -3.93. The normalized spacial score (nSPS) is 10.7. The second kappa shape index (κ2) is 6.09. The van der Waals surface area contributed by atoms with E-state index in [4.69, 9.17) is 11.1 Å². The number of nitrogens with two attached hydrogens (primary N) is 1. The van der Waals surface area contributed by atoms with Crippen molar-refractivity contribution >= 4 is 37.5 Å². The number of hydrogen-bond donors (Lipinski definition) is 3. The van der Waals surface area contributed by atoms with E-state index >= 15 is 0 Å². The number of benzene rings is 1. The molecule has 4 N–H and O–H groups in total. The summed E-state index contributed by atoms with van der Waals surface area (Å²) >= 11 is 3.23. The van der Waals surface area contributed by atoms with Crippen LogP contribution in [-0.2, 0) is 10.0 Å². The molecule has 0 radical (unpaired) electrons. The topological polar surface area (TPSA) is 121 Å². The molecule has 1 aromatic heterocycles. The lowest BCUT2D eigenvalue weighted by Gasteiger charge is -2.12. The summed E-state index contributed by atoms with van der Waals surface area (Å²) in [4.78, 5) is 3.72. The lowest BCUT2D eigenvalue weighted by Crippen LogP contribution is -2.19. The Kier molecular flexibility index (Phi) is 4.42. The fraction of sp³-hybridized carbons (Fsp3) is 0. The van der Waals surface area contributed by atoms with Gasteiger partial charge in [0.25, 0.3) is 10.0 Å². The molecule has 0 bridgehead atoms. The molecule has 108 valence electrons. The molecule has 0 saturated heterocycles. The number of nitrogen functional groups attached to an aromatic ring is 1. The Hall–Kier alpha value is -2.15. The van der Waals surface area contributed by atoms with Crippen LogP contribution in [0.4, 0.5) is 11.5 Å². The van der Waals surface area contributed by atoms with Crippen molar-refractivity contribution in [3.63, 3.8) is 0 Å². The van der Waals surface area contributed by atoms with E-state index < -0.39 is 10.0 Å². The first kappa shape index (κ1) is 15.2. The monoisotopic (exact) mass is 367 g/mol. The van der Waals surface area contributed by atoms with Crippen LogP contribution < -0.4 is 16.0 Å². The summed E-state index contributed by atoms with van der Waals surface area (Å²) in [7, 11) is -3.93. The van der Waals surface area contributed by atoms with Crippen LogP contribution in [0.2, 0.25) is 0 Å². The van der Waals surface area contributed by atoms with Crippen molar-refractivity contribution in [1.29, 1.82) is 5.26 Å². The van der Waals surface area contributed by atoms with Gasteiger partial charge < -0.3 is 5.43 Å². The zero-order valence-corrected chi connectivity index (χ0v) is 12.9. The van der Waals surface area contributed by atoms with Gasteiger partial charge in [0, 0.05) is 10.7 Å². The number of aromatic nitrogens is 1. The predicted octanol–water partition coefficient (Wildman–Crippen LogP) is 1.80. The third-order valence-corrected chi connectivity index (χ3v) is 4.43. The Bertz CT molecular complexity index is 817. The number of nitriles is 1. The lowest BCUT2D eigenvalue weighted by atomic mass is 10.2. The largest absolute Gasteiger partial charge is 0.307 e. The molecule has 0 unspecified atom stereocenters. The highest BCUT2D eigenvalue weighted by Crippen LogP contribution is 2.25. The fourth-order valence-corrected chi connectivity index (χ4v) is 3.17. The summed E-state index contributed by atoms with van der Waals surface area (Å²) in [5.41, 5.74) is 2.59. The molecule has 0 aliphatic heterocycles. The van der Waals surface area contributed by atoms with Crippen LogP contribution in [0, 0.1) is 11.3 Å². The second-order valence-electron chi connectivity index (χ2n) is 3.90. The van der Waals surface area contributed by atoms with Gasteiger partial charge in [-0.3, -0.25) is 4.72 Å². The van der Waals surface area contributed by atoms with Crippen molar-refractivity contribution in [1.82, 2.24) is 4.98 Å². The van der Waals surface area contributed by atoms with Crippen LogP contribution in [0.1, 0.15) is 5.56 Å². The van der Waals surface area contributed by atoms with Crippen molar-refractivity contribution in [2.75, 3.05) is 10.1 Å². The van der Waals surface area contributed by atoms with Gasteiger partial charge >= 0.3 is 0 Å². The zero-order valence-electron chi connectivity index (χ0n) is 10.5. The summed E-state index contributed by atoms with van der Waals surface area (Å²) in [5.74, 6) is 5.27. The number of sulfonamides is 1. The molecule has 0 amide bonds. The van der Waals surface area contributed by atoms with Crippen LogP contribution in [0.25, 0.3) is 0 Å². The van der Waals surface area contributed by atoms with Crippen molar-refractivity contribution in [2.45, 2.75) is 4.90 Å². The van der Waals surface area contributed by atoms with Crippen LogP contribution >= 0.6 is 15.9 Å². The molecule has 1 aromatic carbocycles. The number of halogens is 1. The average molecular weight is 368 g/mol. The highest BCUT2D eigenvalue weighted by Gasteiger charge is 2.20. The van der Waals surface area contributed by atoms with E-state index in [1.54, 1.807) is 6.07 Å². The Morgan fingerprint density at radius 2 is 2.10 bits per heavy atom. The number of hydrazine groups is 1. The highest BCUT2D eigenvalue weighted by atomic mass is 79.9. The summed E-state index contributed by atoms with van der Waals surface area (Å²) in [6.45, 7) is 0. The maximum Gasteiger partial charge on any atom is 0.265 e. The SMILES string of the molecule is N#Cc1ccc(Br)cc1NS(=O)(=O)c1cccnc1NN. The van der Waals surface area contributed by atoms with Crippen LogP contribution in [0.15, 0.2) is 45.9 Å². The van der Waals surface area contributed by atoms with E-state index in [1.807, 2.05) is 6.07 Å². The molecule has 7 nitrogen and oxygen atoms in total. The predicted molar refractivity (Wildman–Crippen MR) is 81.7 cm³/mol. The Balaban J connectivity index is 2.48. The van der Waals surface area contributed by atoms with Gasteiger partial charge in [0.15, 0.2) is 5.82 Å². The highest BCUT2D eigenvalue weighted by molar-refractivity contribution is 9.10. The summed E-state index contributed by atoms with van der Waals surface area (Å²) in [5, 5.41) is 9.03. The Morgan fingerprint density at radius 3 is 2.76 bits per heavy atom. The van der Waals surface area contributed by atoms with Gasteiger partial charge in [-0.05, 0) is 30.3 Å². The first-order valence-corrected chi connectivity index (χ1v) is 7.89. The molecular weight excluding hydrogens is 358 g/mol. The zero-order chi connectivity index (χ0) is 15.5. The molecule has 0 spiro atoms. The van der Waals surface area contributed by atoms with Gasteiger partial charge in [0.05, 0.1) is 11.3 Å². The van der Waals surface area contributed by atoms with E-state index in [-0.39, 0.29) is 22.0 Å². The van der Waals surface area contributed by atoms with Gasteiger partial charge in [-0.2, -0.15) is 5.26 Å². The minimum absolute atomic E-state index is 0.0125. The van der Waals surface area contributed by atoms with E-state index in [9.17, 15) is 8.42 Å². The lowest BCUT2D eigenvalue weighted by molar-refractivity contribution is 0.601. The Morgan fingerprint density at radius 1 is 1.33 bits per heavy atom. The molecule has 0 aliphatic rings. The van der Waals surface area contributed by atoms with E-state index in [0.29, 0.717) is 4.47 Å². The number of rotatable bonds is 4. The van der Waals surface area contributed by atoms with Crippen LogP contribution in [0.3, 0.4) is 0 Å².